The number of rotatable bonds is 5. The van der Waals surface area contributed by atoms with Crippen LogP contribution in [-0.4, -0.2) is 63.2 Å². The Bertz CT molecular complexity index is 1380. The number of fused-ring (bicyclic) bond motifs is 2. The molecule has 2 N–H and O–H groups in total. The number of ether oxygens (including phenoxy) is 1. The summed E-state index contributed by atoms with van der Waals surface area (Å²) in [5.41, 5.74) is 3.93. The quantitative estimate of drug-likeness (QED) is 0.238. The van der Waals surface area contributed by atoms with Gasteiger partial charge in [0.25, 0.3) is 0 Å². The molecule has 1 aliphatic heterocycles. The third-order valence-corrected chi connectivity index (χ3v) is 22.2. The van der Waals surface area contributed by atoms with Crippen molar-refractivity contribution in [1.29, 1.82) is 0 Å². The molecule has 5 rings (SSSR count). The minimum Gasteiger partial charge on any atom is -0.410 e. The summed E-state index contributed by atoms with van der Waals surface area (Å²) in [4.78, 5) is 0. The van der Waals surface area contributed by atoms with Gasteiger partial charge in [-0.05, 0) is 66.6 Å². The van der Waals surface area contributed by atoms with Gasteiger partial charge in [0.1, 0.15) is 6.10 Å². The second kappa shape index (κ2) is 12.0. The van der Waals surface area contributed by atoms with E-state index in [4.69, 9.17) is 18.0 Å². The van der Waals surface area contributed by atoms with Gasteiger partial charge >= 0.3 is 8.56 Å². The van der Waals surface area contributed by atoms with E-state index in [-0.39, 0.29) is 21.2 Å². The molecule has 8 heteroatoms. The molecule has 264 valence electrons. The molecule has 2 bridgehead atoms. The zero-order valence-electron chi connectivity index (χ0n) is 31.8. The Morgan fingerprint density at radius 1 is 0.872 bits per heavy atom. The van der Waals surface area contributed by atoms with Crippen LogP contribution in [0.4, 0.5) is 0 Å². The van der Waals surface area contributed by atoms with Gasteiger partial charge in [-0.25, -0.2) is 0 Å². The maximum atomic E-state index is 12.1. The van der Waals surface area contributed by atoms with Crippen molar-refractivity contribution in [1.82, 2.24) is 0 Å². The highest BCUT2D eigenvalue weighted by Crippen LogP contribution is 2.68. The third-order valence-electron chi connectivity index (χ3n) is 12.6. The van der Waals surface area contributed by atoms with Gasteiger partial charge in [-0.3, -0.25) is 0 Å². The summed E-state index contributed by atoms with van der Waals surface area (Å²) >= 11 is 0. The minimum absolute atomic E-state index is 0.0348. The van der Waals surface area contributed by atoms with Crippen molar-refractivity contribution >= 4 is 16.9 Å². The van der Waals surface area contributed by atoms with E-state index in [9.17, 15) is 10.2 Å². The summed E-state index contributed by atoms with van der Waals surface area (Å²) in [6.45, 7) is 32.4. The normalized spacial score (nSPS) is 32.9. The molecular formula is C39H64O6Si2. The number of hydrogen-bond acceptors (Lipinski definition) is 6. The molecule has 1 fully saturated rings. The molecular weight excluding hydrogens is 621 g/mol. The molecule has 1 aromatic rings. The van der Waals surface area contributed by atoms with Crippen molar-refractivity contribution in [2.75, 3.05) is 0 Å². The summed E-state index contributed by atoms with van der Waals surface area (Å²) in [5, 5.41) is 23.4. The first-order valence-corrected chi connectivity index (χ1v) is 22.6. The lowest BCUT2D eigenvalue weighted by atomic mass is 9.55. The zero-order chi connectivity index (χ0) is 35.2. The fourth-order valence-electron chi connectivity index (χ4n) is 8.96. The average Bonchev–Trinajstić information content (AvgIpc) is 3.30. The maximum Gasteiger partial charge on any atom is 0.350 e. The van der Waals surface area contributed by atoms with Crippen LogP contribution in [0.3, 0.4) is 0 Å². The summed E-state index contributed by atoms with van der Waals surface area (Å²) < 4.78 is 29.8. The van der Waals surface area contributed by atoms with Crippen molar-refractivity contribution in [2.45, 2.75) is 180 Å². The van der Waals surface area contributed by atoms with Crippen molar-refractivity contribution < 1.29 is 28.2 Å². The molecule has 4 aliphatic rings. The van der Waals surface area contributed by atoms with E-state index in [1.54, 1.807) is 0 Å². The van der Waals surface area contributed by atoms with E-state index >= 15 is 0 Å². The smallest absolute Gasteiger partial charge is 0.350 e. The number of hydrogen-bond donors (Lipinski definition) is 2. The van der Waals surface area contributed by atoms with Gasteiger partial charge in [0, 0.05) is 21.9 Å². The van der Waals surface area contributed by atoms with Crippen molar-refractivity contribution in [3.8, 4) is 0 Å². The Kier molecular flexibility index (Phi) is 9.49. The maximum absolute atomic E-state index is 12.1. The standard InChI is InChI=1S/C39H64O6Si2/c1-25-27-22-30(42-24-26-18-16-15-17-19-26)32-28(40)20-21-29(41)33(32)34-39(38(27,11)12,23-31(25)43-46(13,14)35(2,3)4)45-47(44-34,36(5,6)7)37(8,9)10/h15-19,28-31,34,40-41H,20-24H2,1-14H3/t28-,29+,30-,31-,34-,39+/m0/s1. The predicted molar refractivity (Wildman–Crippen MR) is 195 cm³/mol. The van der Waals surface area contributed by atoms with E-state index < -0.39 is 52.3 Å². The first-order valence-electron chi connectivity index (χ1n) is 17.9. The lowest BCUT2D eigenvalue weighted by Gasteiger charge is -2.58. The molecule has 0 saturated carbocycles. The van der Waals surface area contributed by atoms with Crippen LogP contribution < -0.4 is 0 Å². The Morgan fingerprint density at radius 2 is 1.43 bits per heavy atom. The van der Waals surface area contributed by atoms with E-state index in [0.717, 1.165) is 16.7 Å². The first-order chi connectivity index (χ1) is 21.4. The highest BCUT2D eigenvalue weighted by atomic mass is 28.4. The summed E-state index contributed by atoms with van der Waals surface area (Å²) in [6.07, 6.45) is -0.386. The van der Waals surface area contributed by atoms with Crippen LogP contribution >= 0.6 is 0 Å². The van der Waals surface area contributed by atoms with E-state index in [0.29, 0.717) is 32.3 Å². The second-order valence-electron chi connectivity index (χ2n) is 19.0. The highest BCUT2D eigenvalue weighted by Gasteiger charge is 2.75. The second-order valence-corrected chi connectivity index (χ2v) is 28.4. The van der Waals surface area contributed by atoms with Gasteiger partial charge in [0.2, 0.25) is 0 Å². The first kappa shape index (κ1) is 37.2. The molecule has 1 heterocycles. The molecule has 6 nitrogen and oxygen atoms in total. The molecule has 0 radical (unpaired) electrons. The zero-order valence-corrected chi connectivity index (χ0v) is 33.8. The van der Waals surface area contributed by atoms with E-state index in [2.05, 4.69) is 108 Å². The SMILES string of the molecule is CC1=C2C[C@H](OCc3ccccc3)C3=C([C@H](O)CC[C@@H]3O)[C@@H]3O[Si](C(C)(C)C)(C(C)(C)C)O[C@@]3(C[C@@H]1O[Si](C)(C)C(C)(C)C)C2(C)C. The molecule has 6 atom stereocenters. The minimum atomic E-state index is -3.09. The monoisotopic (exact) mass is 684 g/mol. The molecule has 3 aliphatic carbocycles. The van der Waals surface area contributed by atoms with Crippen LogP contribution in [-0.2, 0) is 24.6 Å². The molecule has 0 unspecified atom stereocenters. The number of aliphatic hydroxyl groups excluding tert-OH is 2. The fraction of sp³-hybridized carbons (Fsp3) is 0.744. The average molecular weight is 685 g/mol. The highest BCUT2D eigenvalue weighted by molar-refractivity contribution is 6.74. The molecule has 0 amide bonds. The largest absolute Gasteiger partial charge is 0.410 e. The number of aliphatic hydroxyl groups is 2. The van der Waals surface area contributed by atoms with Crippen molar-refractivity contribution in [2.24, 2.45) is 5.41 Å². The molecule has 47 heavy (non-hydrogen) atoms. The van der Waals surface area contributed by atoms with Crippen molar-refractivity contribution in [3.63, 3.8) is 0 Å². The van der Waals surface area contributed by atoms with Crippen LogP contribution in [0.2, 0.25) is 28.2 Å². The lowest BCUT2D eigenvalue weighted by Crippen LogP contribution is -2.63. The van der Waals surface area contributed by atoms with Crippen LogP contribution in [0.1, 0.15) is 114 Å². The van der Waals surface area contributed by atoms with Gasteiger partial charge in [-0.1, -0.05) is 112 Å². The van der Waals surface area contributed by atoms with Crippen LogP contribution in [0.5, 0.6) is 0 Å². The summed E-state index contributed by atoms with van der Waals surface area (Å²) in [7, 11) is -5.29. The van der Waals surface area contributed by atoms with Gasteiger partial charge in [-0.15, -0.1) is 0 Å². The summed E-state index contributed by atoms with van der Waals surface area (Å²) in [5.74, 6) is 0. The van der Waals surface area contributed by atoms with Gasteiger partial charge < -0.3 is 28.2 Å². The summed E-state index contributed by atoms with van der Waals surface area (Å²) in [6, 6.07) is 10.2. The Labute approximate surface area is 287 Å². The number of benzene rings is 1. The van der Waals surface area contributed by atoms with Gasteiger partial charge in [-0.2, -0.15) is 0 Å². The van der Waals surface area contributed by atoms with Crippen molar-refractivity contribution in [3.05, 3.63) is 58.2 Å². The van der Waals surface area contributed by atoms with Crippen LogP contribution in [0, 0.1) is 5.41 Å². The lowest BCUT2D eigenvalue weighted by molar-refractivity contribution is -0.0920. The molecule has 1 aromatic carbocycles. The predicted octanol–water partition coefficient (Wildman–Crippen LogP) is 9.12. The molecule has 0 aromatic heterocycles. The fourth-order valence-corrected chi connectivity index (χ4v) is 15.5. The van der Waals surface area contributed by atoms with Gasteiger partial charge in [0.15, 0.2) is 8.32 Å². The molecule has 1 saturated heterocycles. The Morgan fingerprint density at radius 3 is 1.96 bits per heavy atom. The van der Waals surface area contributed by atoms with Crippen LogP contribution in [0.25, 0.3) is 0 Å². The molecule has 1 spiro atoms. The Hall–Kier alpha value is -1.11. The van der Waals surface area contributed by atoms with Gasteiger partial charge in [0.05, 0.1) is 36.6 Å². The van der Waals surface area contributed by atoms with E-state index in [1.807, 2.05) is 18.2 Å². The van der Waals surface area contributed by atoms with E-state index in [1.165, 1.54) is 11.1 Å². The third kappa shape index (κ3) is 5.94. The van der Waals surface area contributed by atoms with Crippen LogP contribution in [0.15, 0.2) is 52.6 Å². The Balaban J connectivity index is 1.81. The topological polar surface area (TPSA) is 77.4 Å².